The largest absolute Gasteiger partial charge is 0.325 e. The summed E-state index contributed by atoms with van der Waals surface area (Å²) in [6, 6.07) is 7.97. The molecule has 1 saturated heterocycles. The van der Waals surface area contributed by atoms with E-state index in [2.05, 4.69) is 21.2 Å². The Hall–Kier alpha value is -0.480. The first-order valence-electron chi connectivity index (χ1n) is 5.87. The number of hydrogen-bond acceptors (Lipinski definition) is 2. The average molecular weight is 314 g/mol. The van der Waals surface area contributed by atoms with Gasteiger partial charge in [0.15, 0.2) is 0 Å². The maximum Gasteiger partial charge on any atom is 0.237 e. The lowest BCUT2D eigenvalue weighted by molar-refractivity contribution is -0.115. The molecule has 0 saturated carbocycles. The number of benzene rings is 1. The number of halogens is 1. The van der Waals surface area contributed by atoms with E-state index in [4.69, 9.17) is 0 Å². The van der Waals surface area contributed by atoms with Gasteiger partial charge in [-0.05, 0) is 36.3 Å². The number of thioether (sulfide) groups is 1. The molecule has 17 heavy (non-hydrogen) atoms. The third-order valence-corrected chi connectivity index (χ3v) is 4.87. The Morgan fingerprint density at radius 2 is 2.12 bits per heavy atom. The van der Waals surface area contributed by atoms with Crippen LogP contribution in [0, 0.1) is 0 Å². The molecule has 1 aliphatic heterocycles. The molecular weight excluding hydrogens is 298 g/mol. The Balaban J connectivity index is 1.92. The van der Waals surface area contributed by atoms with Crippen LogP contribution in [0.15, 0.2) is 24.3 Å². The van der Waals surface area contributed by atoms with E-state index in [0.717, 1.165) is 23.2 Å². The summed E-state index contributed by atoms with van der Waals surface area (Å²) in [5.41, 5.74) is 2.11. The van der Waals surface area contributed by atoms with Crippen LogP contribution < -0.4 is 5.32 Å². The molecule has 1 aromatic rings. The summed E-state index contributed by atoms with van der Waals surface area (Å²) in [6.07, 6.45) is 3.43. The molecule has 92 valence electrons. The molecule has 2 nitrogen and oxygen atoms in total. The lowest BCUT2D eigenvalue weighted by atomic mass is 10.1. The molecule has 0 aliphatic carbocycles. The van der Waals surface area contributed by atoms with E-state index in [1.54, 1.807) is 11.8 Å². The van der Waals surface area contributed by atoms with Gasteiger partial charge < -0.3 is 5.32 Å². The minimum atomic E-state index is 0.139. The summed E-state index contributed by atoms with van der Waals surface area (Å²) in [6.45, 7) is 0. The van der Waals surface area contributed by atoms with Gasteiger partial charge in [0, 0.05) is 11.0 Å². The van der Waals surface area contributed by atoms with Crippen molar-refractivity contribution < 1.29 is 4.79 Å². The van der Waals surface area contributed by atoms with Crippen molar-refractivity contribution in [3.8, 4) is 0 Å². The van der Waals surface area contributed by atoms with Crippen LogP contribution >= 0.6 is 27.7 Å². The van der Waals surface area contributed by atoms with E-state index in [1.165, 1.54) is 18.4 Å². The second-order valence-corrected chi connectivity index (χ2v) is 6.05. The van der Waals surface area contributed by atoms with Gasteiger partial charge in [-0.25, -0.2) is 0 Å². The predicted molar refractivity (Wildman–Crippen MR) is 77.8 cm³/mol. The predicted octanol–water partition coefficient (Wildman–Crippen LogP) is 3.81. The van der Waals surface area contributed by atoms with Crippen molar-refractivity contribution >= 4 is 39.3 Å². The van der Waals surface area contributed by atoms with Gasteiger partial charge in [0.1, 0.15) is 0 Å². The Kier molecular flexibility index (Phi) is 4.92. The summed E-state index contributed by atoms with van der Waals surface area (Å²) < 4.78 is 0. The summed E-state index contributed by atoms with van der Waals surface area (Å²) in [4.78, 5) is 12.0. The summed E-state index contributed by atoms with van der Waals surface area (Å²) in [5, 5.41) is 3.97. The fourth-order valence-corrected chi connectivity index (χ4v) is 3.42. The second kappa shape index (κ2) is 6.45. The number of carbonyl (C=O) groups excluding carboxylic acids is 1. The maximum absolute atomic E-state index is 12.0. The Labute approximate surface area is 115 Å². The monoisotopic (exact) mass is 313 g/mol. The number of hydrogen-bond donors (Lipinski definition) is 1. The van der Waals surface area contributed by atoms with Crippen LogP contribution in [-0.2, 0) is 10.1 Å². The minimum Gasteiger partial charge on any atom is -0.325 e. The van der Waals surface area contributed by atoms with Crippen molar-refractivity contribution in [3.05, 3.63) is 29.8 Å². The summed E-state index contributed by atoms with van der Waals surface area (Å²) in [5.74, 6) is 1.27. The highest BCUT2D eigenvalue weighted by molar-refractivity contribution is 9.08. The molecule has 0 aromatic heterocycles. The van der Waals surface area contributed by atoms with Crippen molar-refractivity contribution in [2.75, 3.05) is 11.1 Å². The number of nitrogens with one attached hydrogen (secondary N) is 1. The molecule has 0 bridgehead atoms. The van der Waals surface area contributed by atoms with Gasteiger partial charge in [0.05, 0.1) is 5.25 Å². The molecule has 1 heterocycles. The van der Waals surface area contributed by atoms with Crippen LogP contribution in [0.5, 0.6) is 0 Å². The van der Waals surface area contributed by atoms with E-state index in [9.17, 15) is 4.79 Å². The zero-order chi connectivity index (χ0) is 12.1. The zero-order valence-corrected chi connectivity index (χ0v) is 12.0. The molecule has 1 unspecified atom stereocenters. The Bertz CT molecular complexity index is 374. The molecule has 1 aromatic carbocycles. The van der Waals surface area contributed by atoms with Crippen LogP contribution in [0.25, 0.3) is 0 Å². The molecule has 2 rings (SSSR count). The molecule has 4 heteroatoms. The normalized spacial score (nSPS) is 19.9. The fourth-order valence-electron chi connectivity index (χ4n) is 1.85. The average Bonchev–Trinajstić information content (AvgIpc) is 2.40. The van der Waals surface area contributed by atoms with Gasteiger partial charge in [0.2, 0.25) is 5.91 Å². The SMILES string of the molecule is O=C(Nc1ccc(CBr)cc1)C1CCCCS1. The van der Waals surface area contributed by atoms with Crippen molar-refractivity contribution in [3.63, 3.8) is 0 Å². The molecule has 0 radical (unpaired) electrons. The standard InChI is InChI=1S/C13H16BrNOS/c14-9-10-4-6-11(7-5-10)15-13(16)12-3-1-2-8-17-12/h4-7,12H,1-3,8-9H2,(H,15,16). The molecule has 1 atom stereocenters. The van der Waals surface area contributed by atoms with Gasteiger partial charge in [0.25, 0.3) is 0 Å². The first-order chi connectivity index (χ1) is 8.29. The van der Waals surface area contributed by atoms with Crippen LogP contribution in [0.3, 0.4) is 0 Å². The van der Waals surface area contributed by atoms with Crippen molar-refractivity contribution in [2.24, 2.45) is 0 Å². The number of anilines is 1. The minimum absolute atomic E-state index is 0.139. The van der Waals surface area contributed by atoms with Crippen molar-refractivity contribution in [2.45, 2.75) is 29.8 Å². The van der Waals surface area contributed by atoms with Gasteiger partial charge in [-0.3, -0.25) is 4.79 Å². The number of alkyl halides is 1. The number of rotatable bonds is 3. The highest BCUT2D eigenvalue weighted by Crippen LogP contribution is 2.26. The van der Waals surface area contributed by atoms with Crippen LogP contribution in [0.1, 0.15) is 24.8 Å². The molecule has 1 amide bonds. The maximum atomic E-state index is 12.0. The van der Waals surface area contributed by atoms with Crippen LogP contribution in [0.4, 0.5) is 5.69 Å². The van der Waals surface area contributed by atoms with Gasteiger partial charge in [-0.1, -0.05) is 34.5 Å². The van der Waals surface area contributed by atoms with E-state index >= 15 is 0 Å². The van der Waals surface area contributed by atoms with Crippen LogP contribution in [-0.4, -0.2) is 16.9 Å². The smallest absolute Gasteiger partial charge is 0.237 e. The quantitative estimate of drug-likeness (QED) is 0.860. The fraction of sp³-hybridized carbons (Fsp3) is 0.462. The molecular formula is C13H16BrNOS. The third kappa shape index (κ3) is 3.75. The first kappa shape index (κ1) is 13.0. The highest BCUT2D eigenvalue weighted by Gasteiger charge is 2.21. The van der Waals surface area contributed by atoms with Gasteiger partial charge >= 0.3 is 0 Å². The lowest BCUT2D eigenvalue weighted by Crippen LogP contribution is -2.27. The van der Waals surface area contributed by atoms with E-state index in [-0.39, 0.29) is 11.2 Å². The van der Waals surface area contributed by atoms with E-state index in [1.807, 2.05) is 24.3 Å². The molecule has 1 N–H and O–H groups in total. The highest BCUT2D eigenvalue weighted by atomic mass is 79.9. The van der Waals surface area contributed by atoms with Gasteiger partial charge in [-0.15, -0.1) is 11.8 Å². The molecule has 0 spiro atoms. The Morgan fingerprint density at radius 3 is 2.71 bits per heavy atom. The summed E-state index contributed by atoms with van der Waals surface area (Å²) in [7, 11) is 0. The van der Waals surface area contributed by atoms with Gasteiger partial charge in [-0.2, -0.15) is 0 Å². The summed E-state index contributed by atoms with van der Waals surface area (Å²) >= 11 is 5.18. The molecule has 1 aliphatic rings. The topological polar surface area (TPSA) is 29.1 Å². The number of amides is 1. The molecule has 1 fully saturated rings. The third-order valence-electron chi connectivity index (χ3n) is 2.85. The number of carbonyl (C=O) groups is 1. The van der Waals surface area contributed by atoms with Crippen molar-refractivity contribution in [1.82, 2.24) is 0 Å². The lowest BCUT2D eigenvalue weighted by Gasteiger charge is -2.20. The zero-order valence-electron chi connectivity index (χ0n) is 9.62. The Morgan fingerprint density at radius 1 is 1.35 bits per heavy atom. The van der Waals surface area contributed by atoms with Crippen molar-refractivity contribution in [1.29, 1.82) is 0 Å². The first-order valence-corrected chi connectivity index (χ1v) is 8.04. The van der Waals surface area contributed by atoms with E-state index < -0.39 is 0 Å². The van der Waals surface area contributed by atoms with E-state index in [0.29, 0.717) is 0 Å². The van der Waals surface area contributed by atoms with Crippen LogP contribution in [0.2, 0.25) is 0 Å². The second-order valence-electron chi connectivity index (χ2n) is 4.18.